The largest absolute Gasteiger partial charge is 0.496 e. The van der Waals surface area contributed by atoms with Gasteiger partial charge in [0, 0.05) is 13.6 Å². The van der Waals surface area contributed by atoms with Crippen LogP contribution in [0.15, 0.2) is 22.7 Å². The van der Waals surface area contributed by atoms with Crippen molar-refractivity contribution in [1.82, 2.24) is 4.90 Å². The molecule has 1 amide bonds. The van der Waals surface area contributed by atoms with Crippen LogP contribution in [0.2, 0.25) is 0 Å². The minimum atomic E-state index is -0.752. The summed E-state index contributed by atoms with van der Waals surface area (Å²) in [5, 5.41) is 9.03. The van der Waals surface area contributed by atoms with Crippen LogP contribution in [0.25, 0.3) is 0 Å². The summed E-state index contributed by atoms with van der Waals surface area (Å²) in [5.41, 5.74) is 0.246. The van der Waals surface area contributed by atoms with Gasteiger partial charge in [0.1, 0.15) is 11.2 Å². The first-order chi connectivity index (χ1) is 9.02. The normalized spacial score (nSPS) is 15.5. The average molecular weight is 323 g/mol. The van der Waals surface area contributed by atoms with Crippen molar-refractivity contribution in [3.05, 3.63) is 28.2 Å². The van der Waals surface area contributed by atoms with Gasteiger partial charge in [-0.05, 0) is 46.5 Å². The van der Waals surface area contributed by atoms with Gasteiger partial charge in [-0.25, -0.2) is 0 Å². The molecular weight excluding hydrogens is 308 g/mol. The fourth-order valence-corrected chi connectivity index (χ4v) is 2.61. The lowest BCUT2D eigenvalue weighted by Crippen LogP contribution is -2.33. The zero-order valence-electron chi connectivity index (χ0n) is 10.9. The second kappa shape index (κ2) is 5.22. The molecule has 0 radical (unpaired) electrons. The number of nitriles is 1. The van der Waals surface area contributed by atoms with Crippen molar-refractivity contribution in [3.8, 4) is 11.8 Å². The molecule has 0 spiro atoms. The van der Waals surface area contributed by atoms with Crippen molar-refractivity contribution in [2.45, 2.75) is 19.4 Å². The van der Waals surface area contributed by atoms with Gasteiger partial charge in [-0.15, -0.1) is 0 Å². The molecule has 1 saturated carbocycles. The molecule has 0 bridgehead atoms. The number of methoxy groups -OCH3 is 1. The first-order valence-corrected chi connectivity index (χ1v) is 6.81. The van der Waals surface area contributed by atoms with Crippen molar-refractivity contribution in [1.29, 1.82) is 5.26 Å². The van der Waals surface area contributed by atoms with E-state index in [-0.39, 0.29) is 5.91 Å². The Morgan fingerprint density at radius 1 is 1.58 bits per heavy atom. The Morgan fingerprint density at radius 3 is 2.74 bits per heavy atom. The van der Waals surface area contributed by atoms with Gasteiger partial charge < -0.3 is 9.64 Å². The molecule has 0 aliphatic heterocycles. The maximum absolute atomic E-state index is 12.1. The summed E-state index contributed by atoms with van der Waals surface area (Å²) in [4.78, 5) is 13.8. The maximum Gasteiger partial charge on any atom is 0.243 e. The fraction of sp³-hybridized carbons (Fsp3) is 0.429. The van der Waals surface area contributed by atoms with Crippen LogP contribution < -0.4 is 4.74 Å². The summed E-state index contributed by atoms with van der Waals surface area (Å²) >= 11 is 3.42. The van der Waals surface area contributed by atoms with E-state index in [0.29, 0.717) is 19.4 Å². The molecule has 19 heavy (non-hydrogen) atoms. The Kier molecular flexibility index (Phi) is 3.81. The molecule has 1 aromatic carbocycles. The van der Waals surface area contributed by atoms with Crippen LogP contribution in [0.5, 0.6) is 5.75 Å². The van der Waals surface area contributed by atoms with Crippen molar-refractivity contribution in [2.75, 3.05) is 14.2 Å². The highest BCUT2D eigenvalue weighted by Crippen LogP contribution is 2.46. The average Bonchev–Trinajstić information content (AvgIpc) is 3.19. The fourth-order valence-electron chi connectivity index (χ4n) is 2.02. The van der Waals surface area contributed by atoms with Crippen LogP contribution in [0.4, 0.5) is 0 Å². The van der Waals surface area contributed by atoms with Crippen molar-refractivity contribution >= 4 is 21.8 Å². The first kappa shape index (κ1) is 13.9. The molecule has 1 fully saturated rings. The molecule has 1 aliphatic carbocycles. The summed E-state index contributed by atoms with van der Waals surface area (Å²) in [6, 6.07) is 7.83. The van der Waals surface area contributed by atoms with Crippen LogP contribution in [-0.2, 0) is 11.3 Å². The molecule has 1 aromatic rings. The van der Waals surface area contributed by atoms with E-state index < -0.39 is 5.41 Å². The van der Waals surface area contributed by atoms with Crippen molar-refractivity contribution < 1.29 is 9.53 Å². The lowest BCUT2D eigenvalue weighted by Gasteiger charge is -2.20. The van der Waals surface area contributed by atoms with Gasteiger partial charge in [0.05, 0.1) is 17.7 Å². The Morgan fingerprint density at radius 2 is 2.26 bits per heavy atom. The molecule has 2 rings (SSSR count). The maximum atomic E-state index is 12.1. The van der Waals surface area contributed by atoms with E-state index in [1.807, 2.05) is 18.2 Å². The summed E-state index contributed by atoms with van der Waals surface area (Å²) in [7, 11) is 3.34. The summed E-state index contributed by atoms with van der Waals surface area (Å²) < 4.78 is 6.02. The number of carbonyl (C=O) groups excluding carboxylic acids is 1. The number of ether oxygens (including phenoxy) is 1. The van der Waals surface area contributed by atoms with Crippen LogP contribution >= 0.6 is 15.9 Å². The Labute approximate surface area is 121 Å². The number of rotatable bonds is 4. The minimum absolute atomic E-state index is 0.0815. The van der Waals surface area contributed by atoms with E-state index in [9.17, 15) is 4.79 Å². The number of nitrogens with zero attached hydrogens (tertiary/aromatic N) is 2. The zero-order chi connectivity index (χ0) is 14.0. The molecule has 0 heterocycles. The van der Waals surface area contributed by atoms with Gasteiger partial charge in [0.25, 0.3) is 0 Å². The first-order valence-electron chi connectivity index (χ1n) is 6.01. The molecule has 1 aliphatic rings. The van der Waals surface area contributed by atoms with Crippen LogP contribution in [-0.4, -0.2) is 25.0 Å². The number of hydrogen-bond donors (Lipinski definition) is 0. The SMILES string of the molecule is COc1ccc(CN(C)C(=O)C2(C#N)CC2)cc1Br. The van der Waals surface area contributed by atoms with Crippen LogP contribution in [0.1, 0.15) is 18.4 Å². The van der Waals surface area contributed by atoms with Crippen molar-refractivity contribution in [3.63, 3.8) is 0 Å². The van der Waals surface area contributed by atoms with E-state index in [1.54, 1.807) is 19.1 Å². The molecule has 0 aromatic heterocycles. The third-order valence-electron chi connectivity index (χ3n) is 3.36. The quantitative estimate of drug-likeness (QED) is 0.856. The van der Waals surface area contributed by atoms with E-state index in [1.165, 1.54) is 0 Å². The predicted octanol–water partition coefficient (Wildman–Crippen LogP) is 2.72. The molecule has 0 atom stereocenters. The van der Waals surface area contributed by atoms with E-state index in [2.05, 4.69) is 22.0 Å². The third kappa shape index (κ3) is 2.74. The van der Waals surface area contributed by atoms with E-state index >= 15 is 0 Å². The van der Waals surface area contributed by atoms with E-state index in [0.717, 1.165) is 15.8 Å². The second-order valence-corrected chi connectivity index (χ2v) is 5.68. The topological polar surface area (TPSA) is 53.3 Å². The molecule has 0 N–H and O–H groups in total. The van der Waals surface area contributed by atoms with E-state index in [4.69, 9.17) is 10.00 Å². The number of halogens is 1. The molecule has 0 saturated heterocycles. The number of hydrogen-bond acceptors (Lipinski definition) is 3. The highest BCUT2D eigenvalue weighted by molar-refractivity contribution is 9.10. The van der Waals surface area contributed by atoms with Gasteiger partial charge in [-0.3, -0.25) is 4.79 Å². The summed E-state index contributed by atoms with van der Waals surface area (Å²) in [5.74, 6) is 0.676. The van der Waals surface area contributed by atoms with Gasteiger partial charge in [0.15, 0.2) is 0 Å². The number of amides is 1. The monoisotopic (exact) mass is 322 g/mol. The number of carbonyl (C=O) groups is 1. The number of benzene rings is 1. The lowest BCUT2D eigenvalue weighted by atomic mass is 10.1. The van der Waals surface area contributed by atoms with Gasteiger partial charge in [0.2, 0.25) is 5.91 Å². The van der Waals surface area contributed by atoms with Gasteiger partial charge >= 0.3 is 0 Å². The molecule has 4 nitrogen and oxygen atoms in total. The van der Waals surface area contributed by atoms with Crippen LogP contribution in [0.3, 0.4) is 0 Å². The minimum Gasteiger partial charge on any atom is -0.496 e. The Balaban J connectivity index is 2.07. The Bertz CT molecular complexity index is 547. The molecular formula is C14H15BrN2O2. The molecule has 100 valence electrons. The predicted molar refractivity (Wildman–Crippen MR) is 74.4 cm³/mol. The standard InChI is InChI=1S/C14H15BrN2O2/c1-17(13(18)14(9-16)5-6-14)8-10-3-4-12(19-2)11(15)7-10/h3-4,7H,5-6,8H2,1-2H3. The summed E-state index contributed by atoms with van der Waals surface area (Å²) in [6.07, 6.45) is 1.36. The zero-order valence-corrected chi connectivity index (χ0v) is 12.5. The molecule has 5 heteroatoms. The molecule has 0 unspecified atom stereocenters. The smallest absolute Gasteiger partial charge is 0.243 e. The summed E-state index contributed by atoms with van der Waals surface area (Å²) in [6.45, 7) is 0.491. The van der Waals surface area contributed by atoms with Gasteiger partial charge in [-0.2, -0.15) is 5.26 Å². The second-order valence-electron chi connectivity index (χ2n) is 4.82. The lowest BCUT2D eigenvalue weighted by molar-refractivity contribution is -0.134. The van der Waals surface area contributed by atoms with Crippen molar-refractivity contribution in [2.24, 2.45) is 5.41 Å². The van der Waals surface area contributed by atoms with Gasteiger partial charge in [-0.1, -0.05) is 6.07 Å². The highest BCUT2D eigenvalue weighted by Gasteiger charge is 2.51. The van der Waals surface area contributed by atoms with Crippen LogP contribution in [0, 0.1) is 16.7 Å². The Hall–Kier alpha value is -1.54. The highest BCUT2D eigenvalue weighted by atomic mass is 79.9. The third-order valence-corrected chi connectivity index (χ3v) is 3.98.